The first-order valence-electron chi connectivity index (χ1n) is 8.01. The molecule has 3 atom stereocenters. The highest BCUT2D eigenvalue weighted by Crippen LogP contribution is 2.38. The van der Waals surface area contributed by atoms with Gasteiger partial charge in [0.2, 0.25) is 0 Å². The fourth-order valence-electron chi connectivity index (χ4n) is 3.59. The van der Waals surface area contributed by atoms with Crippen molar-refractivity contribution in [1.29, 1.82) is 0 Å². The van der Waals surface area contributed by atoms with Gasteiger partial charge in [-0.2, -0.15) is 0 Å². The van der Waals surface area contributed by atoms with Crippen LogP contribution in [0.15, 0.2) is 0 Å². The van der Waals surface area contributed by atoms with Gasteiger partial charge in [-0.15, -0.1) is 0 Å². The molecule has 0 saturated heterocycles. The summed E-state index contributed by atoms with van der Waals surface area (Å²) >= 11 is 0. The van der Waals surface area contributed by atoms with E-state index in [9.17, 15) is 0 Å². The Morgan fingerprint density at radius 1 is 0.882 bits per heavy atom. The molecule has 0 heterocycles. The molecule has 1 saturated carbocycles. The van der Waals surface area contributed by atoms with Crippen LogP contribution in [0.4, 0.5) is 0 Å². The van der Waals surface area contributed by atoms with E-state index >= 15 is 0 Å². The Hall–Kier alpha value is -0.0400. The van der Waals surface area contributed by atoms with E-state index in [-0.39, 0.29) is 0 Å². The van der Waals surface area contributed by atoms with E-state index in [0.717, 1.165) is 24.3 Å². The molecule has 17 heavy (non-hydrogen) atoms. The summed E-state index contributed by atoms with van der Waals surface area (Å²) in [6, 6.07) is 0. The van der Waals surface area contributed by atoms with Crippen LogP contribution in [-0.2, 0) is 0 Å². The topological polar surface area (TPSA) is 26.0 Å². The Morgan fingerprint density at radius 2 is 1.71 bits per heavy atom. The van der Waals surface area contributed by atoms with Gasteiger partial charge < -0.3 is 5.73 Å². The molecular weight excluding hydrogens is 206 g/mol. The van der Waals surface area contributed by atoms with E-state index < -0.39 is 0 Å². The zero-order valence-electron chi connectivity index (χ0n) is 12.1. The monoisotopic (exact) mass is 239 g/mol. The standard InChI is InChI=1S/C16H33N/c1-3-5-6-7-9-15-12-14(8-4-2)10-11-16(15)13-17/h14-16H,3-13,17H2,1-2H3. The maximum atomic E-state index is 5.94. The SMILES string of the molecule is CCCCCCC1CC(CCC)CCC1CN. The van der Waals surface area contributed by atoms with Crippen LogP contribution in [0, 0.1) is 17.8 Å². The van der Waals surface area contributed by atoms with Crippen LogP contribution in [0.1, 0.15) is 78.1 Å². The number of hydrogen-bond acceptors (Lipinski definition) is 1. The van der Waals surface area contributed by atoms with Crippen molar-refractivity contribution in [3.63, 3.8) is 0 Å². The van der Waals surface area contributed by atoms with Crippen LogP contribution in [0.25, 0.3) is 0 Å². The van der Waals surface area contributed by atoms with Crippen LogP contribution >= 0.6 is 0 Å². The molecule has 1 fully saturated rings. The van der Waals surface area contributed by atoms with Gasteiger partial charge in [-0.1, -0.05) is 65.2 Å². The molecular formula is C16H33N. The molecule has 0 aliphatic heterocycles. The maximum absolute atomic E-state index is 5.94. The Kier molecular flexibility index (Phi) is 7.92. The molecule has 102 valence electrons. The first kappa shape index (κ1) is 15.0. The lowest BCUT2D eigenvalue weighted by Crippen LogP contribution is -2.30. The predicted molar refractivity (Wildman–Crippen MR) is 77.0 cm³/mol. The molecule has 1 aliphatic carbocycles. The highest BCUT2D eigenvalue weighted by molar-refractivity contribution is 4.80. The molecule has 0 aromatic rings. The second kappa shape index (κ2) is 8.97. The molecule has 1 rings (SSSR count). The largest absolute Gasteiger partial charge is 0.330 e. The summed E-state index contributed by atoms with van der Waals surface area (Å²) in [6.07, 6.45) is 14.2. The van der Waals surface area contributed by atoms with Crippen molar-refractivity contribution in [2.75, 3.05) is 6.54 Å². The molecule has 3 unspecified atom stereocenters. The summed E-state index contributed by atoms with van der Waals surface area (Å²) < 4.78 is 0. The van der Waals surface area contributed by atoms with E-state index in [2.05, 4.69) is 13.8 Å². The quantitative estimate of drug-likeness (QED) is 0.608. The van der Waals surface area contributed by atoms with Crippen molar-refractivity contribution in [3.05, 3.63) is 0 Å². The maximum Gasteiger partial charge on any atom is -0.00462 e. The molecule has 0 aromatic heterocycles. The van der Waals surface area contributed by atoms with Gasteiger partial charge in [0, 0.05) is 0 Å². The lowest BCUT2D eigenvalue weighted by atomic mass is 9.71. The van der Waals surface area contributed by atoms with Gasteiger partial charge >= 0.3 is 0 Å². The van der Waals surface area contributed by atoms with Gasteiger partial charge in [0.15, 0.2) is 0 Å². The molecule has 0 bridgehead atoms. The van der Waals surface area contributed by atoms with Crippen molar-refractivity contribution in [2.24, 2.45) is 23.5 Å². The average Bonchev–Trinajstić information content (AvgIpc) is 2.35. The van der Waals surface area contributed by atoms with Crippen LogP contribution in [-0.4, -0.2) is 6.54 Å². The summed E-state index contributed by atoms with van der Waals surface area (Å²) in [6.45, 7) is 5.54. The average molecular weight is 239 g/mol. The van der Waals surface area contributed by atoms with Crippen molar-refractivity contribution < 1.29 is 0 Å². The summed E-state index contributed by atoms with van der Waals surface area (Å²) in [4.78, 5) is 0. The van der Waals surface area contributed by atoms with Crippen LogP contribution < -0.4 is 5.73 Å². The zero-order chi connectivity index (χ0) is 12.5. The fraction of sp³-hybridized carbons (Fsp3) is 1.00. The minimum absolute atomic E-state index is 0.838. The van der Waals surface area contributed by atoms with E-state index in [1.165, 1.54) is 64.2 Å². The van der Waals surface area contributed by atoms with Gasteiger partial charge in [-0.3, -0.25) is 0 Å². The predicted octanol–water partition coefficient (Wildman–Crippen LogP) is 4.75. The third kappa shape index (κ3) is 5.42. The van der Waals surface area contributed by atoms with Gasteiger partial charge in [0.05, 0.1) is 0 Å². The number of hydrogen-bond donors (Lipinski definition) is 1. The van der Waals surface area contributed by atoms with Gasteiger partial charge in [-0.05, 0) is 37.1 Å². The Bertz CT molecular complexity index is 178. The van der Waals surface area contributed by atoms with E-state index in [4.69, 9.17) is 5.73 Å². The van der Waals surface area contributed by atoms with Crippen molar-refractivity contribution in [1.82, 2.24) is 0 Å². The minimum atomic E-state index is 0.838. The van der Waals surface area contributed by atoms with E-state index in [0.29, 0.717) is 0 Å². The summed E-state index contributed by atoms with van der Waals surface area (Å²) in [5.74, 6) is 2.80. The summed E-state index contributed by atoms with van der Waals surface area (Å²) in [7, 11) is 0. The first-order valence-corrected chi connectivity index (χ1v) is 8.01. The molecule has 1 aliphatic rings. The number of unbranched alkanes of at least 4 members (excludes halogenated alkanes) is 3. The molecule has 0 radical (unpaired) electrons. The normalized spacial score (nSPS) is 29.5. The van der Waals surface area contributed by atoms with E-state index in [1.807, 2.05) is 0 Å². The third-order valence-corrected chi connectivity index (χ3v) is 4.68. The molecule has 1 heteroatoms. The van der Waals surface area contributed by atoms with Gasteiger partial charge in [0.25, 0.3) is 0 Å². The summed E-state index contributed by atoms with van der Waals surface area (Å²) in [5, 5.41) is 0. The molecule has 1 nitrogen and oxygen atoms in total. The van der Waals surface area contributed by atoms with Crippen LogP contribution in [0.2, 0.25) is 0 Å². The second-order valence-electron chi connectivity index (χ2n) is 6.07. The van der Waals surface area contributed by atoms with Crippen molar-refractivity contribution >= 4 is 0 Å². The van der Waals surface area contributed by atoms with Crippen molar-refractivity contribution in [2.45, 2.75) is 78.1 Å². The minimum Gasteiger partial charge on any atom is -0.330 e. The Balaban J connectivity index is 2.29. The molecule has 0 spiro atoms. The number of nitrogens with two attached hydrogens (primary N) is 1. The Labute approximate surface area is 109 Å². The second-order valence-corrected chi connectivity index (χ2v) is 6.07. The summed E-state index contributed by atoms with van der Waals surface area (Å²) in [5.41, 5.74) is 5.94. The lowest BCUT2D eigenvalue weighted by molar-refractivity contribution is 0.164. The number of rotatable bonds is 8. The third-order valence-electron chi connectivity index (χ3n) is 4.68. The van der Waals surface area contributed by atoms with Crippen molar-refractivity contribution in [3.8, 4) is 0 Å². The Morgan fingerprint density at radius 3 is 2.35 bits per heavy atom. The van der Waals surface area contributed by atoms with E-state index in [1.54, 1.807) is 0 Å². The van der Waals surface area contributed by atoms with Gasteiger partial charge in [0.1, 0.15) is 0 Å². The molecule has 2 N–H and O–H groups in total. The first-order chi connectivity index (χ1) is 8.31. The smallest absolute Gasteiger partial charge is 0.00462 e. The lowest BCUT2D eigenvalue weighted by Gasteiger charge is -2.36. The van der Waals surface area contributed by atoms with Crippen LogP contribution in [0.5, 0.6) is 0 Å². The highest BCUT2D eigenvalue weighted by atomic mass is 14.6. The molecule has 0 amide bonds. The zero-order valence-corrected chi connectivity index (χ0v) is 12.1. The van der Waals surface area contributed by atoms with Gasteiger partial charge in [-0.25, -0.2) is 0 Å². The fourth-order valence-corrected chi connectivity index (χ4v) is 3.59. The molecule has 0 aromatic carbocycles. The van der Waals surface area contributed by atoms with Crippen LogP contribution in [0.3, 0.4) is 0 Å². The highest BCUT2D eigenvalue weighted by Gasteiger charge is 2.28.